The van der Waals surface area contributed by atoms with Gasteiger partial charge in [-0.2, -0.15) is 13.2 Å². The van der Waals surface area contributed by atoms with Gasteiger partial charge in [0.05, 0.1) is 5.02 Å². The van der Waals surface area contributed by atoms with E-state index in [9.17, 15) is 18.0 Å². The molecule has 8 heteroatoms. The lowest BCUT2D eigenvalue weighted by atomic mass is 10.3. The third-order valence-electron chi connectivity index (χ3n) is 2.11. The van der Waals surface area contributed by atoms with Gasteiger partial charge in [0.15, 0.2) is 0 Å². The predicted molar refractivity (Wildman–Crippen MR) is 66.7 cm³/mol. The fourth-order valence-corrected chi connectivity index (χ4v) is 2.73. The third kappa shape index (κ3) is 4.03. The number of alkyl halides is 4. The normalized spacial score (nSPS) is 11.7. The van der Waals surface area contributed by atoms with Gasteiger partial charge in [0.2, 0.25) is 0 Å². The largest absolute Gasteiger partial charge is 0.406 e. The molecule has 0 fully saturated rings. The van der Waals surface area contributed by atoms with Crippen molar-refractivity contribution in [3.05, 3.63) is 20.8 Å². The Morgan fingerprint density at radius 1 is 1.50 bits per heavy atom. The number of halogens is 5. The molecule has 1 aromatic rings. The van der Waals surface area contributed by atoms with E-state index >= 15 is 0 Å². The van der Waals surface area contributed by atoms with Crippen molar-refractivity contribution in [2.75, 3.05) is 19.0 Å². The van der Waals surface area contributed by atoms with E-state index in [2.05, 4.69) is 0 Å². The summed E-state index contributed by atoms with van der Waals surface area (Å²) in [7, 11) is 0. The van der Waals surface area contributed by atoms with Crippen LogP contribution in [0.15, 0.2) is 5.38 Å². The minimum absolute atomic E-state index is 0.0657. The van der Waals surface area contributed by atoms with Crippen LogP contribution in [-0.4, -0.2) is 36.0 Å². The number of nitrogens with zero attached hydrogens (tertiary/aromatic N) is 1. The van der Waals surface area contributed by atoms with Gasteiger partial charge in [0, 0.05) is 12.4 Å². The Labute approximate surface area is 116 Å². The van der Waals surface area contributed by atoms with Crippen molar-refractivity contribution in [3.63, 3.8) is 0 Å². The van der Waals surface area contributed by atoms with Gasteiger partial charge in [-0.05, 0) is 17.9 Å². The first-order chi connectivity index (χ1) is 8.26. The van der Waals surface area contributed by atoms with Crippen molar-refractivity contribution in [2.45, 2.75) is 13.1 Å². The van der Waals surface area contributed by atoms with Crippen LogP contribution in [0.2, 0.25) is 5.02 Å². The number of amides is 1. The molecule has 0 aliphatic carbocycles. The molecule has 0 unspecified atom stereocenters. The van der Waals surface area contributed by atoms with E-state index in [1.165, 1.54) is 0 Å². The van der Waals surface area contributed by atoms with Gasteiger partial charge in [0.25, 0.3) is 5.91 Å². The number of hydrogen-bond acceptors (Lipinski definition) is 2. The van der Waals surface area contributed by atoms with Crippen molar-refractivity contribution in [1.29, 1.82) is 0 Å². The molecule has 0 radical (unpaired) electrons. The van der Waals surface area contributed by atoms with Crippen molar-refractivity contribution >= 4 is 40.4 Å². The fraction of sp³-hybridized carbons (Fsp3) is 0.500. The molecule has 0 atom stereocenters. The van der Waals surface area contributed by atoms with Gasteiger partial charge < -0.3 is 4.90 Å². The lowest BCUT2D eigenvalue weighted by Gasteiger charge is -2.22. The van der Waals surface area contributed by atoms with E-state index in [-0.39, 0.29) is 22.3 Å². The third-order valence-corrected chi connectivity index (χ3v) is 3.96. The standard InChI is InChI=1S/C10H10Cl2F3NOS/c1-6-4-18-8(7(6)12)9(17)16(3-2-11)5-10(13,14)15/h4H,2-3,5H2,1H3. The fourth-order valence-electron chi connectivity index (χ4n) is 1.29. The van der Waals surface area contributed by atoms with Gasteiger partial charge in [0.1, 0.15) is 11.4 Å². The highest BCUT2D eigenvalue weighted by Crippen LogP contribution is 2.29. The van der Waals surface area contributed by atoms with Crippen molar-refractivity contribution < 1.29 is 18.0 Å². The second-order valence-electron chi connectivity index (χ2n) is 3.59. The maximum absolute atomic E-state index is 12.3. The molecular formula is C10H10Cl2F3NOS. The number of hydrogen-bond donors (Lipinski definition) is 0. The number of carbonyl (C=O) groups excluding carboxylic acids is 1. The summed E-state index contributed by atoms with van der Waals surface area (Å²) < 4.78 is 37.0. The molecule has 1 heterocycles. The lowest BCUT2D eigenvalue weighted by Crippen LogP contribution is -2.40. The molecule has 0 saturated carbocycles. The topological polar surface area (TPSA) is 20.3 Å². The Kier molecular flexibility index (Phi) is 5.31. The Balaban J connectivity index is 2.92. The molecule has 0 aliphatic heterocycles. The SMILES string of the molecule is Cc1csc(C(=O)N(CCCl)CC(F)(F)F)c1Cl. The van der Waals surface area contributed by atoms with E-state index in [1.54, 1.807) is 12.3 Å². The molecule has 0 bridgehead atoms. The predicted octanol–water partition coefficient (Wildman–Crippen LogP) is 3.95. The number of rotatable bonds is 4. The summed E-state index contributed by atoms with van der Waals surface area (Å²) in [6.07, 6.45) is -4.46. The van der Waals surface area contributed by atoms with Gasteiger partial charge >= 0.3 is 6.18 Å². The second-order valence-corrected chi connectivity index (χ2v) is 5.23. The number of aryl methyl sites for hydroxylation is 1. The van der Waals surface area contributed by atoms with Crippen LogP contribution in [0.5, 0.6) is 0 Å². The van der Waals surface area contributed by atoms with Crippen LogP contribution in [0, 0.1) is 6.92 Å². The van der Waals surface area contributed by atoms with Crippen LogP contribution < -0.4 is 0 Å². The summed E-state index contributed by atoms with van der Waals surface area (Å²) in [4.78, 5) is 12.7. The smallest absolute Gasteiger partial charge is 0.328 e. The molecule has 0 spiro atoms. The highest BCUT2D eigenvalue weighted by atomic mass is 35.5. The molecule has 1 aromatic heterocycles. The highest BCUT2D eigenvalue weighted by molar-refractivity contribution is 7.13. The Morgan fingerprint density at radius 3 is 2.50 bits per heavy atom. The summed E-state index contributed by atoms with van der Waals surface area (Å²) in [5, 5.41) is 1.83. The Hall–Kier alpha value is -0.460. The summed E-state index contributed by atoms with van der Waals surface area (Å²) in [6.45, 7) is 0.185. The van der Waals surface area contributed by atoms with E-state index in [0.29, 0.717) is 10.5 Å². The van der Waals surface area contributed by atoms with Crippen LogP contribution in [-0.2, 0) is 0 Å². The summed E-state index contributed by atoms with van der Waals surface area (Å²) in [5.41, 5.74) is 0.669. The van der Waals surface area contributed by atoms with Crippen LogP contribution in [0.1, 0.15) is 15.2 Å². The quantitative estimate of drug-likeness (QED) is 0.769. The number of thiophene rings is 1. The molecule has 102 valence electrons. The van der Waals surface area contributed by atoms with Gasteiger partial charge in [-0.15, -0.1) is 22.9 Å². The Bertz CT molecular complexity index is 433. The summed E-state index contributed by atoms with van der Waals surface area (Å²) >= 11 is 12.3. The Morgan fingerprint density at radius 2 is 2.11 bits per heavy atom. The van der Waals surface area contributed by atoms with E-state index in [1.807, 2.05) is 0 Å². The minimum atomic E-state index is -4.46. The molecule has 18 heavy (non-hydrogen) atoms. The van der Waals surface area contributed by atoms with Crippen LogP contribution in [0.25, 0.3) is 0 Å². The van der Waals surface area contributed by atoms with Crippen LogP contribution in [0.3, 0.4) is 0 Å². The zero-order valence-corrected chi connectivity index (χ0v) is 11.7. The zero-order valence-electron chi connectivity index (χ0n) is 9.35. The molecular weight excluding hydrogens is 310 g/mol. The first-order valence-electron chi connectivity index (χ1n) is 4.92. The number of carbonyl (C=O) groups is 1. The summed E-state index contributed by atoms with van der Waals surface area (Å²) in [5.74, 6) is -0.805. The van der Waals surface area contributed by atoms with Crippen LogP contribution >= 0.6 is 34.5 Å². The minimum Gasteiger partial charge on any atom is -0.328 e. The van der Waals surface area contributed by atoms with Crippen molar-refractivity contribution in [1.82, 2.24) is 4.90 Å². The average Bonchev–Trinajstić information content (AvgIpc) is 2.56. The monoisotopic (exact) mass is 319 g/mol. The molecule has 1 rings (SSSR count). The van der Waals surface area contributed by atoms with Gasteiger partial charge in [-0.3, -0.25) is 4.79 Å². The maximum Gasteiger partial charge on any atom is 0.406 e. The molecule has 0 aromatic carbocycles. The van der Waals surface area contributed by atoms with Crippen molar-refractivity contribution in [3.8, 4) is 0 Å². The van der Waals surface area contributed by atoms with Crippen molar-refractivity contribution in [2.24, 2.45) is 0 Å². The molecule has 0 N–H and O–H groups in total. The molecule has 0 saturated heterocycles. The molecule has 2 nitrogen and oxygen atoms in total. The molecule has 1 amide bonds. The zero-order chi connectivity index (χ0) is 13.9. The first kappa shape index (κ1) is 15.6. The molecule has 0 aliphatic rings. The van der Waals surface area contributed by atoms with E-state index in [4.69, 9.17) is 23.2 Å². The average molecular weight is 320 g/mol. The van der Waals surface area contributed by atoms with Gasteiger partial charge in [-0.1, -0.05) is 11.6 Å². The lowest BCUT2D eigenvalue weighted by molar-refractivity contribution is -0.140. The second kappa shape index (κ2) is 6.12. The first-order valence-corrected chi connectivity index (χ1v) is 6.71. The highest BCUT2D eigenvalue weighted by Gasteiger charge is 2.34. The van der Waals surface area contributed by atoms with Crippen LogP contribution in [0.4, 0.5) is 13.2 Å². The summed E-state index contributed by atoms with van der Waals surface area (Å²) in [6, 6.07) is 0. The van der Waals surface area contributed by atoms with Gasteiger partial charge in [-0.25, -0.2) is 0 Å². The van der Waals surface area contributed by atoms with E-state index < -0.39 is 18.6 Å². The van der Waals surface area contributed by atoms with E-state index in [0.717, 1.165) is 11.3 Å². The maximum atomic E-state index is 12.3.